The van der Waals surface area contributed by atoms with Crippen LogP contribution in [0, 0.1) is 0 Å². The molecule has 2 N–H and O–H groups in total. The van der Waals surface area contributed by atoms with E-state index in [0.29, 0.717) is 18.7 Å². The van der Waals surface area contributed by atoms with Crippen LogP contribution in [0.25, 0.3) is 0 Å². The lowest BCUT2D eigenvalue weighted by atomic mass is 9.99. The summed E-state index contributed by atoms with van der Waals surface area (Å²) >= 11 is 0. The third-order valence-corrected chi connectivity index (χ3v) is 2.69. The second-order valence-electron chi connectivity index (χ2n) is 3.84. The van der Waals surface area contributed by atoms with Crippen LogP contribution in [0.3, 0.4) is 0 Å². The lowest BCUT2D eigenvalue weighted by Crippen LogP contribution is -2.49. The van der Waals surface area contributed by atoms with Crippen LogP contribution in [-0.4, -0.2) is 36.6 Å². The number of benzene rings is 1. The van der Waals surface area contributed by atoms with Crippen molar-refractivity contribution in [2.45, 2.75) is 12.1 Å². The summed E-state index contributed by atoms with van der Waals surface area (Å²) in [7, 11) is 0. The van der Waals surface area contributed by atoms with Crippen molar-refractivity contribution in [1.82, 2.24) is 10.6 Å². The Balaban J connectivity index is 2.04. The van der Waals surface area contributed by atoms with Crippen molar-refractivity contribution in [2.24, 2.45) is 0 Å². The number of Topliss-reactive ketones (excluding diaryl/α,β-unsaturated/α-hetero) is 1. The highest BCUT2D eigenvalue weighted by Crippen LogP contribution is 2.15. The number of nitrogens with zero attached hydrogens (tertiary/aromatic N) is 1. The minimum absolute atomic E-state index is 0.224. The molecule has 85 valence electrons. The van der Waals surface area contributed by atoms with Crippen molar-refractivity contribution in [2.75, 3.05) is 19.6 Å². The van der Waals surface area contributed by atoms with E-state index in [1.807, 2.05) is 18.2 Å². The van der Waals surface area contributed by atoms with Gasteiger partial charge in [-0.15, -0.1) is 0 Å². The molecule has 4 nitrogen and oxygen atoms in total. The van der Waals surface area contributed by atoms with Crippen LogP contribution in [0.15, 0.2) is 30.3 Å². The fourth-order valence-corrected chi connectivity index (χ4v) is 1.78. The van der Waals surface area contributed by atoms with E-state index in [1.165, 1.54) is 0 Å². The van der Waals surface area contributed by atoms with Gasteiger partial charge in [-0.1, -0.05) is 30.3 Å². The molecule has 0 aromatic heterocycles. The molecular formula is C12H15N2O2. The quantitative estimate of drug-likeness (QED) is 0.744. The van der Waals surface area contributed by atoms with Crippen LogP contribution in [-0.2, 0) is 4.79 Å². The van der Waals surface area contributed by atoms with Gasteiger partial charge in [0.05, 0.1) is 6.04 Å². The molecule has 1 fully saturated rings. The zero-order valence-corrected chi connectivity index (χ0v) is 8.97. The zero-order chi connectivity index (χ0) is 11.4. The number of ketones is 1. The lowest BCUT2D eigenvalue weighted by molar-refractivity contribution is -0.129. The highest BCUT2D eigenvalue weighted by atomic mass is 16.3. The molecule has 16 heavy (non-hydrogen) atoms. The first-order chi connectivity index (χ1) is 7.79. The number of carbonyl (C=O) groups is 1. The maximum Gasteiger partial charge on any atom is 0.185 e. The molecule has 1 aliphatic heterocycles. The molecule has 1 aromatic rings. The largest absolute Gasteiger partial charge is 0.380 e. The molecule has 1 aliphatic rings. The van der Waals surface area contributed by atoms with Crippen molar-refractivity contribution in [3.05, 3.63) is 35.9 Å². The van der Waals surface area contributed by atoms with Crippen LogP contribution in [0.1, 0.15) is 11.7 Å². The average Bonchev–Trinajstić information content (AvgIpc) is 2.39. The van der Waals surface area contributed by atoms with E-state index in [9.17, 15) is 9.90 Å². The Morgan fingerprint density at radius 3 is 2.81 bits per heavy atom. The van der Waals surface area contributed by atoms with Crippen molar-refractivity contribution in [3.8, 4) is 0 Å². The number of hydrogen-bond acceptors (Lipinski definition) is 3. The number of rotatable bonds is 3. The van der Waals surface area contributed by atoms with Crippen LogP contribution in [0.4, 0.5) is 0 Å². The van der Waals surface area contributed by atoms with E-state index in [4.69, 9.17) is 0 Å². The first kappa shape index (κ1) is 11.3. The van der Waals surface area contributed by atoms with E-state index in [-0.39, 0.29) is 5.78 Å². The summed E-state index contributed by atoms with van der Waals surface area (Å²) in [5.41, 5.74) is 0.633. The van der Waals surface area contributed by atoms with E-state index >= 15 is 0 Å². The van der Waals surface area contributed by atoms with E-state index < -0.39 is 12.1 Å². The molecule has 0 spiro atoms. The van der Waals surface area contributed by atoms with Crippen molar-refractivity contribution in [3.63, 3.8) is 0 Å². The molecule has 0 bridgehead atoms. The van der Waals surface area contributed by atoms with Gasteiger partial charge in [-0.2, -0.15) is 0 Å². The second kappa shape index (κ2) is 5.21. The average molecular weight is 219 g/mol. The summed E-state index contributed by atoms with van der Waals surface area (Å²) in [6.45, 7) is 1.98. The van der Waals surface area contributed by atoms with Gasteiger partial charge in [0, 0.05) is 19.6 Å². The highest BCUT2D eigenvalue weighted by Gasteiger charge is 2.28. The van der Waals surface area contributed by atoms with Gasteiger partial charge in [-0.3, -0.25) is 4.79 Å². The monoisotopic (exact) mass is 219 g/mol. The van der Waals surface area contributed by atoms with E-state index in [0.717, 1.165) is 6.54 Å². The fourth-order valence-electron chi connectivity index (χ4n) is 1.78. The van der Waals surface area contributed by atoms with Crippen LogP contribution < -0.4 is 10.6 Å². The topological polar surface area (TPSA) is 63.4 Å². The molecule has 2 atom stereocenters. The third kappa shape index (κ3) is 2.47. The number of carbonyl (C=O) groups excluding carboxylic acids is 1. The number of nitrogens with one attached hydrogen (secondary N) is 1. The predicted octanol–water partition coefficient (Wildman–Crippen LogP) is -0.135. The van der Waals surface area contributed by atoms with Crippen molar-refractivity contribution in [1.29, 1.82) is 0 Å². The molecule has 2 rings (SSSR count). The Hall–Kier alpha value is -1.23. The Kier molecular flexibility index (Phi) is 3.66. The van der Waals surface area contributed by atoms with E-state index in [2.05, 4.69) is 10.6 Å². The fraction of sp³-hybridized carbons (Fsp3) is 0.417. The van der Waals surface area contributed by atoms with Gasteiger partial charge in [0.25, 0.3) is 0 Å². The summed E-state index contributed by atoms with van der Waals surface area (Å²) < 4.78 is 0. The molecule has 1 aromatic carbocycles. The van der Waals surface area contributed by atoms with Crippen LogP contribution in [0.5, 0.6) is 0 Å². The number of aliphatic hydroxyl groups is 1. The number of piperazine rings is 1. The lowest BCUT2D eigenvalue weighted by Gasteiger charge is -2.23. The Morgan fingerprint density at radius 2 is 2.19 bits per heavy atom. The number of hydrogen-bond donors (Lipinski definition) is 2. The molecule has 2 unspecified atom stereocenters. The van der Waals surface area contributed by atoms with Gasteiger partial charge in [0.1, 0.15) is 6.10 Å². The first-order valence-corrected chi connectivity index (χ1v) is 5.43. The molecule has 0 aliphatic carbocycles. The standard InChI is InChI=1S/C12H15N2O2/c15-11(9-4-2-1-3-5-9)12(16)10-8-13-6-7-14-10/h1-5,10-11,13,15H,6-8H2. The Labute approximate surface area is 94.7 Å². The molecule has 4 heteroatoms. The Morgan fingerprint density at radius 1 is 1.44 bits per heavy atom. The van der Waals surface area contributed by atoms with E-state index in [1.54, 1.807) is 12.1 Å². The minimum Gasteiger partial charge on any atom is -0.380 e. The zero-order valence-electron chi connectivity index (χ0n) is 8.97. The molecule has 1 heterocycles. The van der Waals surface area contributed by atoms with Gasteiger partial charge in [0.2, 0.25) is 0 Å². The third-order valence-electron chi connectivity index (χ3n) is 2.69. The van der Waals surface area contributed by atoms with Gasteiger partial charge < -0.3 is 10.4 Å². The molecule has 1 radical (unpaired) electrons. The molecule has 0 saturated carbocycles. The maximum atomic E-state index is 11.9. The van der Waals surface area contributed by atoms with Crippen LogP contribution >= 0.6 is 0 Å². The van der Waals surface area contributed by atoms with Gasteiger partial charge in [-0.25, -0.2) is 5.32 Å². The summed E-state index contributed by atoms with van der Waals surface area (Å²) in [6, 6.07) is 8.55. The first-order valence-electron chi connectivity index (χ1n) is 5.43. The van der Waals surface area contributed by atoms with Gasteiger partial charge in [0.15, 0.2) is 5.78 Å². The summed E-state index contributed by atoms with van der Waals surface area (Å²) in [5, 5.41) is 17.2. The normalized spacial score (nSPS) is 22.7. The minimum atomic E-state index is -1.06. The maximum absolute atomic E-state index is 11.9. The van der Waals surface area contributed by atoms with Crippen molar-refractivity contribution >= 4 is 5.78 Å². The summed E-state index contributed by atoms with van der Waals surface area (Å²) in [4.78, 5) is 11.9. The second-order valence-corrected chi connectivity index (χ2v) is 3.84. The molecule has 1 saturated heterocycles. The SMILES string of the molecule is O=C(C1CNCC[N]1)C(O)c1ccccc1. The predicted molar refractivity (Wildman–Crippen MR) is 60.1 cm³/mol. The molecular weight excluding hydrogens is 204 g/mol. The molecule has 0 amide bonds. The summed E-state index contributed by atoms with van der Waals surface area (Å²) in [6.07, 6.45) is -1.06. The van der Waals surface area contributed by atoms with Gasteiger partial charge in [-0.05, 0) is 5.56 Å². The van der Waals surface area contributed by atoms with Crippen LogP contribution in [0.2, 0.25) is 0 Å². The Bertz CT molecular complexity index is 347. The van der Waals surface area contributed by atoms with Crippen molar-refractivity contribution < 1.29 is 9.90 Å². The summed E-state index contributed by atoms with van der Waals surface area (Å²) in [5.74, 6) is -0.224. The highest BCUT2D eigenvalue weighted by molar-refractivity contribution is 5.89. The smallest absolute Gasteiger partial charge is 0.185 e. The number of aliphatic hydroxyl groups excluding tert-OH is 1. The van der Waals surface area contributed by atoms with Gasteiger partial charge >= 0.3 is 0 Å².